The molecule has 2 amide bonds. The summed E-state index contributed by atoms with van der Waals surface area (Å²) in [4.78, 5) is 27.0. The number of hydrogen-bond donors (Lipinski definition) is 0. The Morgan fingerprint density at radius 3 is 2.62 bits per heavy atom. The highest BCUT2D eigenvalue weighted by Gasteiger charge is 2.55. The lowest BCUT2D eigenvalue weighted by atomic mass is 10.1. The van der Waals surface area contributed by atoms with Gasteiger partial charge in [-0.1, -0.05) is 27.2 Å². The molecular weight excluding hydrogens is 400 g/mol. The maximum atomic E-state index is 13.0. The molecule has 2 atom stereocenters. The minimum absolute atomic E-state index is 0.348. The van der Waals surface area contributed by atoms with Crippen molar-refractivity contribution in [1.29, 1.82) is 0 Å². The number of imide groups is 1. The minimum atomic E-state index is -0.836. The molecule has 2 aliphatic heterocycles. The molecule has 0 aliphatic carbocycles. The van der Waals surface area contributed by atoms with E-state index in [2.05, 4.69) is 26.3 Å². The summed E-state index contributed by atoms with van der Waals surface area (Å²) >= 11 is 3.46. The Morgan fingerprint density at radius 1 is 1.08 bits per heavy atom. The first-order valence-electron chi connectivity index (χ1n) is 7.99. The van der Waals surface area contributed by atoms with Crippen LogP contribution in [-0.2, 0) is 9.59 Å². The van der Waals surface area contributed by atoms with E-state index in [0.29, 0.717) is 11.4 Å². The van der Waals surface area contributed by atoms with E-state index in [4.69, 9.17) is 4.74 Å². The van der Waals surface area contributed by atoms with Crippen molar-refractivity contribution < 1.29 is 14.3 Å². The van der Waals surface area contributed by atoms with Crippen LogP contribution in [0.1, 0.15) is 5.56 Å². The van der Waals surface area contributed by atoms with Crippen molar-refractivity contribution in [3.63, 3.8) is 0 Å². The lowest BCUT2D eigenvalue weighted by Crippen LogP contribution is -2.39. The Labute approximate surface area is 158 Å². The SMILES string of the molecule is COc1cccc(N2C(=O)[C@H]3N=NN(c4ccc(Br)c(C)c4)[C@H]3C2=O)c1. The minimum Gasteiger partial charge on any atom is -0.497 e. The van der Waals surface area contributed by atoms with Crippen LogP contribution in [0.2, 0.25) is 0 Å². The van der Waals surface area contributed by atoms with E-state index in [-0.39, 0.29) is 11.8 Å². The van der Waals surface area contributed by atoms with Crippen molar-refractivity contribution in [2.45, 2.75) is 19.0 Å². The molecule has 2 aromatic carbocycles. The van der Waals surface area contributed by atoms with Crippen LogP contribution >= 0.6 is 15.9 Å². The first-order valence-corrected chi connectivity index (χ1v) is 8.78. The van der Waals surface area contributed by atoms with Crippen LogP contribution in [0, 0.1) is 6.92 Å². The molecule has 0 aromatic heterocycles. The van der Waals surface area contributed by atoms with Gasteiger partial charge in [0.05, 0.1) is 18.5 Å². The van der Waals surface area contributed by atoms with Gasteiger partial charge in [0.25, 0.3) is 11.8 Å². The third-order valence-electron chi connectivity index (χ3n) is 4.50. The van der Waals surface area contributed by atoms with Gasteiger partial charge in [0.1, 0.15) is 5.75 Å². The van der Waals surface area contributed by atoms with Crippen molar-refractivity contribution in [3.05, 3.63) is 52.5 Å². The smallest absolute Gasteiger partial charge is 0.263 e. The monoisotopic (exact) mass is 414 g/mol. The van der Waals surface area contributed by atoms with Crippen molar-refractivity contribution in [1.82, 2.24) is 0 Å². The number of aryl methyl sites for hydroxylation is 1. The molecule has 1 fully saturated rings. The zero-order chi connectivity index (χ0) is 18.4. The quantitative estimate of drug-likeness (QED) is 0.722. The lowest BCUT2D eigenvalue weighted by Gasteiger charge is -2.21. The van der Waals surface area contributed by atoms with Crippen LogP contribution in [0.5, 0.6) is 5.75 Å². The molecule has 132 valence electrons. The number of halogens is 1. The molecule has 0 radical (unpaired) electrons. The standard InChI is InChI=1S/C18H15BrN4O3/c1-10-8-12(6-7-14(10)19)23-16-15(20-21-23)17(24)22(18(16)25)11-4-3-5-13(9-11)26-2/h3-9,15-16H,1-2H3/t15-,16+/m0/s1. The number of benzene rings is 2. The lowest BCUT2D eigenvalue weighted by molar-refractivity contribution is -0.121. The fourth-order valence-electron chi connectivity index (χ4n) is 3.15. The average Bonchev–Trinajstić information content (AvgIpc) is 3.18. The maximum Gasteiger partial charge on any atom is 0.263 e. The van der Waals surface area contributed by atoms with E-state index in [1.54, 1.807) is 24.3 Å². The van der Waals surface area contributed by atoms with E-state index in [9.17, 15) is 9.59 Å². The van der Waals surface area contributed by atoms with Crippen LogP contribution < -0.4 is 14.6 Å². The summed E-state index contributed by atoms with van der Waals surface area (Å²) in [6.45, 7) is 1.95. The van der Waals surface area contributed by atoms with Gasteiger partial charge in [0.2, 0.25) is 0 Å². The fraction of sp³-hybridized carbons (Fsp3) is 0.222. The summed E-state index contributed by atoms with van der Waals surface area (Å²) in [7, 11) is 1.54. The van der Waals surface area contributed by atoms with Crippen LogP contribution in [-0.4, -0.2) is 31.0 Å². The molecule has 0 bridgehead atoms. The number of carbonyl (C=O) groups excluding carboxylic acids is 2. The third-order valence-corrected chi connectivity index (χ3v) is 5.39. The Bertz CT molecular complexity index is 946. The summed E-state index contributed by atoms with van der Waals surface area (Å²) in [5.41, 5.74) is 2.19. The predicted molar refractivity (Wildman–Crippen MR) is 99.3 cm³/mol. The summed E-state index contributed by atoms with van der Waals surface area (Å²) < 4.78 is 6.15. The Hall–Kier alpha value is -2.74. The zero-order valence-electron chi connectivity index (χ0n) is 14.1. The fourth-order valence-corrected chi connectivity index (χ4v) is 3.40. The molecule has 7 nitrogen and oxygen atoms in total. The van der Waals surface area contributed by atoms with E-state index in [1.807, 2.05) is 25.1 Å². The molecule has 0 unspecified atom stereocenters. The van der Waals surface area contributed by atoms with Gasteiger partial charge in [-0.2, -0.15) is 5.11 Å². The van der Waals surface area contributed by atoms with Crippen molar-refractivity contribution in [2.24, 2.45) is 10.3 Å². The van der Waals surface area contributed by atoms with Gasteiger partial charge >= 0.3 is 0 Å². The van der Waals surface area contributed by atoms with Crippen molar-refractivity contribution in [2.75, 3.05) is 17.0 Å². The number of nitrogens with zero attached hydrogens (tertiary/aromatic N) is 4. The second-order valence-electron chi connectivity index (χ2n) is 6.09. The highest BCUT2D eigenvalue weighted by Crippen LogP contribution is 2.36. The van der Waals surface area contributed by atoms with E-state index < -0.39 is 12.1 Å². The molecular formula is C18H15BrN4O3. The van der Waals surface area contributed by atoms with Crippen LogP contribution in [0.25, 0.3) is 0 Å². The van der Waals surface area contributed by atoms with Crippen LogP contribution in [0.4, 0.5) is 11.4 Å². The van der Waals surface area contributed by atoms with Gasteiger partial charge in [-0.25, -0.2) is 9.91 Å². The van der Waals surface area contributed by atoms with Crippen LogP contribution in [0.15, 0.2) is 57.3 Å². The van der Waals surface area contributed by atoms with E-state index in [1.165, 1.54) is 12.1 Å². The van der Waals surface area contributed by atoms with Crippen LogP contribution in [0.3, 0.4) is 0 Å². The molecule has 2 heterocycles. The molecule has 0 saturated carbocycles. The summed E-state index contributed by atoms with van der Waals surface area (Å²) in [5.74, 6) is -0.158. The van der Waals surface area contributed by atoms with Gasteiger partial charge in [-0.3, -0.25) is 9.59 Å². The first-order chi connectivity index (χ1) is 12.5. The Balaban J connectivity index is 1.70. The van der Waals surface area contributed by atoms with Gasteiger partial charge in [-0.05, 0) is 42.8 Å². The number of carbonyl (C=O) groups is 2. The maximum absolute atomic E-state index is 13.0. The van der Waals surface area contributed by atoms with Crippen molar-refractivity contribution >= 4 is 39.1 Å². The van der Waals surface area contributed by atoms with Crippen molar-refractivity contribution in [3.8, 4) is 5.75 Å². The molecule has 2 aliphatic rings. The second kappa shape index (κ2) is 6.21. The number of anilines is 2. The second-order valence-corrected chi connectivity index (χ2v) is 6.94. The number of amides is 2. The molecule has 0 N–H and O–H groups in total. The number of hydrogen-bond acceptors (Lipinski definition) is 6. The molecule has 0 spiro atoms. The number of ether oxygens (including phenoxy) is 1. The van der Waals surface area contributed by atoms with E-state index >= 15 is 0 Å². The van der Waals surface area contributed by atoms with Gasteiger partial charge in [0, 0.05) is 10.5 Å². The Kier molecular flexibility index (Phi) is 3.99. The molecule has 2 aromatic rings. The zero-order valence-corrected chi connectivity index (χ0v) is 15.7. The third kappa shape index (κ3) is 2.48. The van der Waals surface area contributed by atoms with Gasteiger partial charge in [0.15, 0.2) is 12.1 Å². The topological polar surface area (TPSA) is 74.6 Å². The first kappa shape index (κ1) is 16.7. The predicted octanol–water partition coefficient (Wildman–Crippen LogP) is 3.26. The molecule has 4 rings (SSSR count). The molecule has 1 saturated heterocycles. The average molecular weight is 415 g/mol. The summed E-state index contributed by atoms with van der Waals surface area (Å²) in [6, 6.07) is 10.9. The molecule has 8 heteroatoms. The highest BCUT2D eigenvalue weighted by molar-refractivity contribution is 9.10. The number of fused-ring (bicyclic) bond motifs is 1. The van der Waals surface area contributed by atoms with Gasteiger partial charge < -0.3 is 4.74 Å². The van der Waals surface area contributed by atoms with E-state index in [0.717, 1.165) is 20.6 Å². The number of rotatable bonds is 3. The number of methoxy groups -OCH3 is 1. The summed E-state index contributed by atoms with van der Waals surface area (Å²) in [6.07, 6.45) is 0. The largest absolute Gasteiger partial charge is 0.497 e. The normalized spacial score (nSPS) is 21.5. The molecule has 26 heavy (non-hydrogen) atoms. The highest BCUT2D eigenvalue weighted by atomic mass is 79.9. The Morgan fingerprint density at radius 2 is 1.88 bits per heavy atom. The summed E-state index contributed by atoms with van der Waals surface area (Å²) in [5, 5.41) is 9.65. The van der Waals surface area contributed by atoms with Gasteiger partial charge in [-0.15, -0.1) is 0 Å².